The van der Waals surface area contributed by atoms with Gasteiger partial charge in [0.05, 0.1) is 12.0 Å². The first-order valence-electron chi connectivity index (χ1n) is 7.42. The van der Waals surface area contributed by atoms with Gasteiger partial charge in [-0.2, -0.15) is 0 Å². The summed E-state index contributed by atoms with van der Waals surface area (Å²) in [6, 6.07) is 7.35. The zero-order chi connectivity index (χ0) is 14.4. The van der Waals surface area contributed by atoms with Crippen molar-refractivity contribution in [2.75, 3.05) is 11.9 Å². The molecule has 110 valence electrons. The molecule has 20 heavy (non-hydrogen) atoms. The van der Waals surface area contributed by atoms with Crippen LogP contribution in [0.3, 0.4) is 0 Å². The SMILES string of the molecule is NCC1(C(=O)Nc2ccccc2CO)CCCCCC1. The van der Waals surface area contributed by atoms with Crippen LogP contribution < -0.4 is 11.1 Å². The molecule has 1 amide bonds. The van der Waals surface area contributed by atoms with Gasteiger partial charge in [0.2, 0.25) is 5.91 Å². The number of carbonyl (C=O) groups is 1. The Hall–Kier alpha value is -1.39. The number of para-hydroxylation sites is 1. The van der Waals surface area contributed by atoms with E-state index in [-0.39, 0.29) is 12.5 Å². The van der Waals surface area contributed by atoms with Gasteiger partial charge in [0.15, 0.2) is 0 Å². The Morgan fingerprint density at radius 2 is 1.85 bits per heavy atom. The second kappa shape index (κ2) is 6.86. The van der Waals surface area contributed by atoms with Crippen molar-refractivity contribution in [2.45, 2.75) is 45.1 Å². The summed E-state index contributed by atoms with van der Waals surface area (Å²) in [7, 11) is 0. The van der Waals surface area contributed by atoms with Crippen molar-refractivity contribution in [1.82, 2.24) is 0 Å². The molecule has 0 aliphatic heterocycles. The number of carbonyl (C=O) groups excluding carboxylic acids is 1. The Morgan fingerprint density at radius 3 is 2.45 bits per heavy atom. The monoisotopic (exact) mass is 276 g/mol. The predicted octanol–water partition coefficient (Wildman–Crippen LogP) is 2.42. The molecular weight excluding hydrogens is 252 g/mol. The summed E-state index contributed by atoms with van der Waals surface area (Å²) < 4.78 is 0. The van der Waals surface area contributed by atoms with E-state index in [1.165, 1.54) is 12.8 Å². The van der Waals surface area contributed by atoms with Gasteiger partial charge in [0.25, 0.3) is 0 Å². The van der Waals surface area contributed by atoms with Crippen LogP contribution in [0.2, 0.25) is 0 Å². The zero-order valence-electron chi connectivity index (χ0n) is 11.9. The summed E-state index contributed by atoms with van der Waals surface area (Å²) in [6.45, 7) is 0.312. The van der Waals surface area contributed by atoms with E-state index in [9.17, 15) is 9.90 Å². The Balaban J connectivity index is 2.16. The molecule has 4 nitrogen and oxygen atoms in total. The van der Waals surface area contributed by atoms with Crippen molar-refractivity contribution in [3.8, 4) is 0 Å². The summed E-state index contributed by atoms with van der Waals surface area (Å²) >= 11 is 0. The quantitative estimate of drug-likeness (QED) is 0.739. The van der Waals surface area contributed by atoms with Crippen molar-refractivity contribution in [2.24, 2.45) is 11.1 Å². The number of anilines is 1. The third-order valence-corrected chi connectivity index (χ3v) is 4.37. The third-order valence-electron chi connectivity index (χ3n) is 4.37. The second-order valence-corrected chi connectivity index (χ2v) is 5.67. The number of benzene rings is 1. The lowest BCUT2D eigenvalue weighted by molar-refractivity contribution is -0.125. The predicted molar refractivity (Wildman–Crippen MR) is 80.2 cm³/mol. The summed E-state index contributed by atoms with van der Waals surface area (Å²) in [5, 5.41) is 12.3. The van der Waals surface area contributed by atoms with Gasteiger partial charge in [-0.1, -0.05) is 43.9 Å². The molecule has 0 unspecified atom stereocenters. The molecule has 4 heteroatoms. The van der Waals surface area contributed by atoms with E-state index < -0.39 is 5.41 Å². The number of nitrogens with two attached hydrogens (primary N) is 1. The molecule has 1 aliphatic rings. The van der Waals surface area contributed by atoms with E-state index in [4.69, 9.17) is 5.73 Å². The molecule has 1 aromatic carbocycles. The largest absolute Gasteiger partial charge is 0.392 e. The average Bonchev–Trinajstić information content (AvgIpc) is 2.74. The number of rotatable bonds is 4. The van der Waals surface area contributed by atoms with E-state index >= 15 is 0 Å². The fraction of sp³-hybridized carbons (Fsp3) is 0.562. The smallest absolute Gasteiger partial charge is 0.231 e. The van der Waals surface area contributed by atoms with E-state index in [1.54, 1.807) is 0 Å². The summed E-state index contributed by atoms with van der Waals surface area (Å²) in [4.78, 5) is 12.7. The lowest BCUT2D eigenvalue weighted by Gasteiger charge is -2.30. The minimum Gasteiger partial charge on any atom is -0.392 e. The van der Waals surface area contributed by atoms with Crippen LogP contribution in [-0.4, -0.2) is 17.6 Å². The lowest BCUT2D eigenvalue weighted by atomic mass is 9.79. The molecule has 0 saturated heterocycles. The highest BCUT2D eigenvalue weighted by molar-refractivity contribution is 5.96. The normalized spacial score (nSPS) is 18.3. The zero-order valence-corrected chi connectivity index (χ0v) is 11.9. The number of aliphatic hydroxyl groups is 1. The van der Waals surface area contributed by atoms with Gasteiger partial charge in [0.1, 0.15) is 0 Å². The van der Waals surface area contributed by atoms with Crippen LogP contribution in [0.1, 0.15) is 44.1 Å². The second-order valence-electron chi connectivity index (χ2n) is 5.67. The number of amides is 1. The number of aliphatic hydroxyl groups excluding tert-OH is 1. The maximum absolute atomic E-state index is 12.7. The average molecular weight is 276 g/mol. The molecule has 0 spiro atoms. The van der Waals surface area contributed by atoms with Crippen LogP contribution in [0.5, 0.6) is 0 Å². The molecule has 1 aromatic rings. The number of hydrogen-bond acceptors (Lipinski definition) is 3. The maximum Gasteiger partial charge on any atom is 0.231 e. The molecule has 0 heterocycles. The highest BCUT2D eigenvalue weighted by Gasteiger charge is 2.37. The van der Waals surface area contributed by atoms with Crippen molar-refractivity contribution < 1.29 is 9.90 Å². The molecule has 2 rings (SSSR count). The van der Waals surface area contributed by atoms with Crippen molar-refractivity contribution in [1.29, 1.82) is 0 Å². The van der Waals surface area contributed by atoms with E-state index in [2.05, 4.69) is 5.32 Å². The van der Waals surface area contributed by atoms with Gasteiger partial charge in [-0.3, -0.25) is 4.79 Å². The first-order chi connectivity index (χ1) is 9.72. The van der Waals surface area contributed by atoms with Gasteiger partial charge in [-0.15, -0.1) is 0 Å². The molecule has 0 aromatic heterocycles. The van der Waals surface area contributed by atoms with Crippen LogP contribution in [-0.2, 0) is 11.4 Å². The molecule has 0 atom stereocenters. The third kappa shape index (κ3) is 3.19. The van der Waals surface area contributed by atoms with Crippen LogP contribution >= 0.6 is 0 Å². The first kappa shape index (κ1) is 15.0. The first-order valence-corrected chi connectivity index (χ1v) is 7.42. The summed E-state index contributed by atoms with van der Waals surface area (Å²) in [5.41, 5.74) is 6.91. The van der Waals surface area contributed by atoms with Crippen LogP contribution in [0.25, 0.3) is 0 Å². The Kier molecular flexibility index (Phi) is 5.15. The Morgan fingerprint density at radius 1 is 1.20 bits per heavy atom. The topological polar surface area (TPSA) is 75.4 Å². The molecular formula is C16H24N2O2. The fourth-order valence-electron chi connectivity index (χ4n) is 2.96. The van der Waals surface area contributed by atoms with Crippen molar-refractivity contribution in [3.63, 3.8) is 0 Å². The minimum absolute atomic E-state index is 0.00259. The number of nitrogens with one attached hydrogen (secondary N) is 1. The van der Waals surface area contributed by atoms with Crippen LogP contribution in [0.4, 0.5) is 5.69 Å². The minimum atomic E-state index is -0.445. The number of hydrogen-bond donors (Lipinski definition) is 3. The summed E-state index contributed by atoms with van der Waals surface area (Å²) in [5.74, 6) is 0.00259. The molecule has 0 bridgehead atoms. The van der Waals surface area contributed by atoms with Crippen LogP contribution in [0.15, 0.2) is 24.3 Å². The fourth-order valence-corrected chi connectivity index (χ4v) is 2.96. The van der Waals surface area contributed by atoms with Gasteiger partial charge in [0, 0.05) is 17.8 Å². The van der Waals surface area contributed by atoms with Gasteiger partial charge < -0.3 is 16.2 Å². The van der Waals surface area contributed by atoms with Gasteiger partial charge >= 0.3 is 0 Å². The Bertz CT molecular complexity index is 452. The molecule has 1 saturated carbocycles. The standard InChI is InChI=1S/C16H24N2O2/c17-12-16(9-5-1-2-6-10-16)15(20)18-14-8-4-3-7-13(14)11-19/h3-4,7-8,19H,1-2,5-6,9-12,17H2,(H,18,20). The molecule has 1 fully saturated rings. The summed E-state index contributed by atoms with van der Waals surface area (Å²) in [6.07, 6.45) is 6.20. The van der Waals surface area contributed by atoms with E-state index in [1.807, 2.05) is 24.3 Å². The molecule has 0 radical (unpaired) electrons. The van der Waals surface area contributed by atoms with Gasteiger partial charge in [-0.05, 0) is 18.9 Å². The molecule has 4 N–H and O–H groups in total. The van der Waals surface area contributed by atoms with Gasteiger partial charge in [-0.25, -0.2) is 0 Å². The van der Waals surface area contributed by atoms with Crippen LogP contribution in [0, 0.1) is 5.41 Å². The highest BCUT2D eigenvalue weighted by atomic mass is 16.3. The van der Waals surface area contributed by atoms with E-state index in [0.29, 0.717) is 12.2 Å². The van der Waals surface area contributed by atoms with Crippen molar-refractivity contribution in [3.05, 3.63) is 29.8 Å². The lowest BCUT2D eigenvalue weighted by Crippen LogP contribution is -2.42. The highest BCUT2D eigenvalue weighted by Crippen LogP contribution is 2.35. The molecule has 1 aliphatic carbocycles. The Labute approximate surface area is 120 Å². The van der Waals surface area contributed by atoms with E-state index in [0.717, 1.165) is 31.2 Å². The van der Waals surface area contributed by atoms with Crippen molar-refractivity contribution >= 4 is 11.6 Å². The maximum atomic E-state index is 12.7.